The molecule has 0 aliphatic rings. The van der Waals surface area contributed by atoms with Gasteiger partial charge < -0.3 is 0 Å². The van der Waals surface area contributed by atoms with Crippen molar-refractivity contribution in [3.05, 3.63) is 48.2 Å². The molecule has 0 atom stereocenters. The molecule has 0 radical (unpaired) electrons. The molecule has 0 unspecified atom stereocenters. The van der Waals surface area contributed by atoms with Crippen LogP contribution in [0.25, 0.3) is 0 Å². The van der Waals surface area contributed by atoms with Gasteiger partial charge in [-0.3, -0.25) is 4.99 Å². The average molecular weight is 175 g/mol. The first-order valence-electron chi connectivity index (χ1n) is 4.26. The standard InChI is InChI=1S/C12H17N/c1-6-7-8-12(10(2)3)9-13-11(4)5/h6-9H,2,4H2,1,3,5H3/b7-6-,12-8-,13-9?. The summed E-state index contributed by atoms with van der Waals surface area (Å²) in [5.74, 6) is 0. The lowest BCUT2D eigenvalue weighted by atomic mass is 10.1. The quantitative estimate of drug-likeness (QED) is 0.456. The molecule has 0 spiro atoms. The molecule has 0 heterocycles. The van der Waals surface area contributed by atoms with Gasteiger partial charge in [0.05, 0.1) is 0 Å². The molecule has 0 saturated carbocycles. The largest absolute Gasteiger partial charge is 0.262 e. The Labute approximate surface area is 80.9 Å². The van der Waals surface area contributed by atoms with E-state index in [9.17, 15) is 0 Å². The second kappa shape index (κ2) is 6.18. The van der Waals surface area contributed by atoms with Crippen LogP contribution in [0.2, 0.25) is 0 Å². The monoisotopic (exact) mass is 175 g/mol. The Morgan fingerprint density at radius 1 is 1.23 bits per heavy atom. The SMILES string of the molecule is C=C(C)N=C/C(=C/C=C\C)C(=C)C. The molecule has 0 rings (SSSR count). The minimum Gasteiger partial charge on any atom is -0.262 e. The second-order valence-corrected chi connectivity index (χ2v) is 2.92. The maximum atomic E-state index is 4.12. The summed E-state index contributed by atoms with van der Waals surface area (Å²) in [6.45, 7) is 13.4. The molecule has 13 heavy (non-hydrogen) atoms. The molecule has 0 N–H and O–H groups in total. The van der Waals surface area contributed by atoms with Gasteiger partial charge in [0.1, 0.15) is 0 Å². The average Bonchev–Trinajstić information content (AvgIpc) is 2.03. The maximum absolute atomic E-state index is 4.12. The fourth-order valence-electron chi connectivity index (χ4n) is 0.675. The van der Waals surface area contributed by atoms with Crippen LogP contribution in [0, 0.1) is 0 Å². The van der Waals surface area contributed by atoms with E-state index in [1.807, 2.05) is 39.0 Å². The Kier molecular flexibility index (Phi) is 5.53. The molecule has 0 aromatic carbocycles. The summed E-state index contributed by atoms with van der Waals surface area (Å²) < 4.78 is 0. The van der Waals surface area contributed by atoms with E-state index in [4.69, 9.17) is 0 Å². The van der Waals surface area contributed by atoms with E-state index in [1.165, 1.54) is 0 Å². The number of hydrogen-bond donors (Lipinski definition) is 0. The third kappa shape index (κ3) is 5.85. The van der Waals surface area contributed by atoms with Crippen molar-refractivity contribution in [3.63, 3.8) is 0 Å². The molecule has 0 saturated heterocycles. The zero-order valence-corrected chi connectivity index (χ0v) is 8.67. The molecular formula is C12H17N. The van der Waals surface area contributed by atoms with E-state index >= 15 is 0 Å². The second-order valence-electron chi connectivity index (χ2n) is 2.92. The third-order valence-corrected chi connectivity index (χ3v) is 1.39. The number of hydrogen-bond acceptors (Lipinski definition) is 1. The Morgan fingerprint density at radius 3 is 2.23 bits per heavy atom. The lowest BCUT2D eigenvalue weighted by molar-refractivity contribution is 1.33. The first kappa shape index (κ1) is 11.6. The molecule has 0 aromatic rings. The van der Waals surface area contributed by atoms with Crippen molar-refractivity contribution in [1.29, 1.82) is 0 Å². The minimum atomic E-state index is 0.799. The normalized spacial score (nSPS) is 12.7. The topological polar surface area (TPSA) is 12.4 Å². The summed E-state index contributed by atoms with van der Waals surface area (Å²) in [5.41, 5.74) is 2.83. The zero-order valence-electron chi connectivity index (χ0n) is 8.67. The van der Waals surface area contributed by atoms with Gasteiger partial charge in [0.2, 0.25) is 0 Å². The molecule has 1 nitrogen and oxygen atoms in total. The molecule has 0 aliphatic heterocycles. The Bertz CT molecular complexity index is 277. The van der Waals surface area contributed by atoms with Crippen molar-refractivity contribution in [2.45, 2.75) is 20.8 Å². The molecule has 1 heteroatoms. The van der Waals surface area contributed by atoms with E-state index in [-0.39, 0.29) is 0 Å². The van der Waals surface area contributed by atoms with Crippen molar-refractivity contribution in [2.75, 3.05) is 0 Å². The van der Waals surface area contributed by atoms with E-state index in [0.29, 0.717) is 0 Å². The van der Waals surface area contributed by atoms with Gasteiger partial charge in [0, 0.05) is 11.9 Å². The molecule has 0 aliphatic carbocycles. The van der Waals surface area contributed by atoms with Crippen LogP contribution in [0.4, 0.5) is 0 Å². The van der Waals surface area contributed by atoms with Gasteiger partial charge in [0.25, 0.3) is 0 Å². The molecule has 0 fully saturated rings. The molecule has 0 bridgehead atoms. The Balaban J connectivity index is 4.63. The van der Waals surface area contributed by atoms with Crippen molar-refractivity contribution in [3.8, 4) is 0 Å². The van der Waals surface area contributed by atoms with Crippen LogP contribution in [0.15, 0.2) is 53.2 Å². The van der Waals surface area contributed by atoms with Crippen LogP contribution in [0.3, 0.4) is 0 Å². The fraction of sp³-hybridized carbons (Fsp3) is 0.250. The molecule has 70 valence electrons. The van der Waals surface area contributed by atoms with Crippen molar-refractivity contribution < 1.29 is 0 Å². The van der Waals surface area contributed by atoms with Gasteiger partial charge in [-0.2, -0.15) is 0 Å². The zero-order chi connectivity index (χ0) is 10.3. The highest BCUT2D eigenvalue weighted by atomic mass is 14.7. The van der Waals surface area contributed by atoms with E-state index in [1.54, 1.807) is 6.21 Å². The number of aliphatic imine (C=N–C) groups is 1. The highest BCUT2D eigenvalue weighted by Gasteiger charge is 1.90. The van der Waals surface area contributed by atoms with E-state index < -0.39 is 0 Å². The van der Waals surface area contributed by atoms with Gasteiger partial charge in [-0.25, -0.2) is 0 Å². The summed E-state index contributed by atoms with van der Waals surface area (Å²) >= 11 is 0. The van der Waals surface area contributed by atoms with E-state index in [0.717, 1.165) is 16.8 Å². The third-order valence-electron chi connectivity index (χ3n) is 1.39. The van der Waals surface area contributed by atoms with Gasteiger partial charge in [-0.15, -0.1) is 0 Å². The summed E-state index contributed by atoms with van der Waals surface area (Å²) in [5, 5.41) is 0. The number of allylic oxidation sites excluding steroid dienone is 6. The highest BCUT2D eigenvalue weighted by Crippen LogP contribution is 2.05. The van der Waals surface area contributed by atoms with Crippen molar-refractivity contribution in [1.82, 2.24) is 0 Å². The van der Waals surface area contributed by atoms with Crippen LogP contribution in [-0.2, 0) is 0 Å². The lowest BCUT2D eigenvalue weighted by Crippen LogP contribution is -1.85. The predicted octanol–water partition coefficient (Wildman–Crippen LogP) is 3.67. The lowest BCUT2D eigenvalue weighted by Gasteiger charge is -1.97. The Hall–Kier alpha value is -1.37. The van der Waals surface area contributed by atoms with Crippen LogP contribution >= 0.6 is 0 Å². The first-order valence-corrected chi connectivity index (χ1v) is 4.26. The van der Waals surface area contributed by atoms with Gasteiger partial charge in [-0.1, -0.05) is 31.4 Å². The summed E-state index contributed by atoms with van der Waals surface area (Å²) in [7, 11) is 0. The number of rotatable bonds is 4. The fourth-order valence-corrected chi connectivity index (χ4v) is 0.675. The van der Waals surface area contributed by atoms with Crippen molar-refractivity contribution in [2.24, 2.45) is 4.99 Å². The first-order chi connectivity index (χ1) is 6.07. The smallest absolute Gasteiger partial charge is 0.0345 e. The van der Waals surface area contributed by atoms with E-state index in [2.05, 4.69) is 18.2 Å². The predicted molar refractivity (Wildman–Crippen MR) is 61.0 cm³/mol. The summed E-state index contributed by atoms with van der Waals surface area (Å²) in [6.07, 6.45) is 7.70. The van der Waals surface area contributed by atoms with Gasteiger partial charge in [-0.05, 0) is 31.9 Å². The minimum absolute atomic E-state index is 0.799. The Morgan fingerprint density at radius 2 is 1.85 bits per heavy atom. The molecule has 0 amide bonds. The van der Waals surface area contributed by atoms with Gasteiger partial charge >= 0.3 is 0 Å². The molecular weight excluding hydrogens is 158 g/mol. The number of nitrogens with zero attached hydrogens (tertiary/aromatic N) is 1. The highest BCUT2D eigenvalue weighted by molar-refractivity contribution is 5.85. The van der Waals surface area contributed by atoms with Crippen LogP contribution < -0.4 is 0 Å². The summed E-state index contributed by atoms with van der Waals surface area (Å²) in [4.78, 5) is 4.12. The van der Waals surface area contributed by atoms with Crippen LogP contribution in [-0.4, -0.2) is 6.21 Å². The van der Waals surface area contributed by atoms with Crippen LogP contribution in [0.5, 0.6) is 0 Å². The summed E-state index contributed by atoms with van der Waals surface area (Å²) in [6, 6.07) is 0. The maximum Gasteiger partial charge on any atom is 0.0345 e. The van der Waals surface area contributed by atoms with Crippen molar-refractivity contribution >= 4 is 6.21 Å². The van der Waals surface area contributed by atoms with Crippen LogP contribution in [0.1, 0.15) is 20.8 Å². The molecule has 0 aromatic heterocycles. The van der Waals surface area contributed by atoms with Gasteiger partial charge in [0.15, 0.2) is 0 Å².